The van der Waals surface area contributed by atoms with Crippen molar-refractivity contribution >= 4 is 39.0 Å². The molecular weight excluding hydrogens is 353 g/mol. The number of aromatic nitrogens is 2. The molecule has 0 saturated carbocycles. The lowest BCUT2D eigenvalue weighted by molar-refractivity contribution is 0.262. The molecule has 8 heteroatoms. The van der Waals surface area contributed by atoms with Crippen molar-refractivity contribution in [3.63, 3.8) is 0 Å². The van der Waals surface area contributed by atoms with Gasteiger partial charge in [-0.15, -0.1) is 10.2 Å². The van der Waals surface area contributed by atoms with Gasteiger partial charge in [0.2, 0.25) is 10.3 Å². The van der Waals surface area contributed by atoms with Crippen LogP contribution in [0.15, 0.2) is 48.5 Å². The van der Waals surface area contributed by atoms with Crippen LogP contribution in [0.25, 0.3) is 0 Å². The minimum absolute atomic E-state index is 0.361. The van der Waals surface area contributed by atoms with Gasteiger partial charge in [-0.25, -0.2) is 9.18 Å². The van der Waals surface area contributed by atoms with Crippen LogP contribution >= 0.6 is 11.3 Å². The largest absolute Gasteiger partial charge is 0.325 e. The van der Waals surface area contributed by atoms with Crippen molar-refractivity contribution in [2.24, 2.45) is 0 Å². The van der Waals surface area contributed by atoms with E-state index in [1.807, 2.05) is 42.2 Å². The summed E-state index contributed by atoms with van der Waals surface area (Å²) in [5.74, 6) is -0.373. The van der Waals surface area contributed by atoms with Crippen LogP contribution in [0.3, 0.4) is 0 Å². The zero-order chi connectivity index (χ0) is 18.5. The predicted molar refractivity (Wildman–Crippen MR) is 103 cm³/mol. The Bertz CT molecular complexity index is 900. The third-order valence-electron chi connectivity index (χ3n) is 3.68. The van der Waals surface area contributed by atoms with Crippen molar-refractivity contribution in [3.8, 4) is 0 Å². The van der Waals surface area contributed by atoms with E-state index in [1.165, 1.54) is 17.4 Å². The van der Waals surface area contributed by atoms with E-state index in [0.29, 0.717) is 28.1 Å². The molecule has 0 atom stereocenters. The van der Waals surface area contributed by atoms with Gasteiger partial charge in [-0.1, -0.05) is 35.6 Å². The smallest absolute Gasteiger partial charge is 0.317 e. The number of amides is 2. The van der Waals surface area contributed by atoms with E-state index in [2.05, 4.69) is 20.8 Å². The second-order valence-electron chi connectivity index (χ2n) is 5.51. The van der Waals surface area contributed by atoms with Gasteiger partial charge in [0.25, 0.3) is 0 Å². The van der Waals surface area contributed by atoms with Gasteiger partial charge in [0.05, 0.1) is 0 Å². The molecule has 134 valence electrons. The highest BCUT2D eigenvalue weighted by Gasteiger charge is 2.14. The highest BCUT2D eigenvalue weighted by atomic mass is 32.1. The number of urea groups is 1. The van der Waals surface area contributed by atoms with Crippen LogP contribution in [0.4, 0.5) is 30.8 Å². The number of para-hydroxylation sites is 1. The number of halogens is 1. The van der Waals surface area contributed by atoms with Gasteiger partial charge in [-0.05, 0) is 43.7 Å². The quantitative estimate of drug-likeness (QED) is 0.677. The summed E-state index contributed by atoms with van der Waals surface area (Å²) in [5, 5.41) is 14.4. The lowest BCUT2D eigenvalue weighted by Gasteiger charge is -2.18. The second kappa shape index (κ2) is 7.92. The SMILES string of the molecule is CCN(c1ccccc1)c1nnc(NC(=O)Nc2ccc(C)c(F)c2)s1. The molecule has 6 nitrogen and oxygen atoms in total. The summed E-state index contributed by atoms with van der Waals surface area (Å²) < 4.78 is 13.6. The molecule has 0 aliphatic rings. The van der Waals surface area contributed by atoms with E-state index >= 15 is 0 Å². The molecule has 1 heterocycles. The minimum atomic E-state index is -0.501. The maximum absolute atomic E-state index is 13.6. The third-order valence-corrected chi connectivity index (χ3v) is 4.54. The fourth-order valence-corrected chi connectivity index (χ4v) is 3.17. The molecule has 26 heavy (non-hydrogen) atoms. The number of hydrogen-bond acceptors (Lipinski definition) is 5. The molecule has 0 bridgehead atoms. The molecule has 0 radical (unpaired) electrons. The zero-order valence-electron chi connectivity index (χ0n) is 14.4. The van der Waals surface area contributed by atoms with E-state index in [4.69, 9.17) is 0 Å². The fourth-order valence-electron chi connectivity index (χ4n) is 2.34. The molecular formula is C18H18FN5OS. The number of rotatable bonds is 5. The van der Waals surface area contributed by atoms with Crippen molar-refractivity contribution in [2.75, 3.05) is 22.1 Å². The van der Waals surface area contributed by atoms with Crippen LogP contribution in [-0.2, 0) is 0 Å². The number of benzene rings is 2. The number of hydrogen-bond donors (Lipinski definition) is 2. The molecule has 3 rings (SSSR count). The Kier molecular flexibility index (Phi) is 5.43. The number of carbonyl (C=O) groups is 1. The van der Waals surface area contributed by atoms with E-state index < -0.39 is 6.03 Å². The maximum Gasteiger partial charge on any atom is 0.325 e. The van der Waals surface area contributed by atoms with Gasteiger partial charge in [-0.2, -0.15) is 0 Å². The molecule has 2 amide bonds. The number of anilines is 4. The number of nitrogens with zero attached hydrogens (tertiary/aromatic N) is 3. The van der Waals surface area contributed by atoms with Crippen LogP contribution in [0.2, 0.25) is 0 Å². The Balaban J connectivity index is 1.67. The predicted octanol–water partition coefficient (Wildman–Crippen LogP) is 4.79. The topological polar surface area (TPSA) is 70.2 Å². The van der Waals surface area contributed by atoms with Crippen LogP contribution < -0.4 is 15.5 Å². The van der Waals surface area contributed by atoms with E-state index in [9.17, 15) is 9.18 Å². The molecule has 2 N–H and O–H groups in total. The summed E-state index contributed by atoms with van der Waals surface area (Å²) in [4.78, 5) is 14.1. The molecule has 0 unspecified atom stereocenters. The number of nitrogens with one attached hydrogen (secondary N) is 2. The van der Waals surface area contributed by atoms with Crippen LogP contribution in [0.1, 0.15) is 12.5 Å². The summed E-state index contributed by atoms with van der Waals surface area (Å²) in [7, 11) is 0. The molecule has 0 aliphatic heterocycles. The standard InChI is InChI=1S/C18H18FN5OS/c1-3-24(14-7-5-4-6-8-14)18-23-22-17(26-18)21-16(25)20-13-10-9-12(2)15(19)11-13/h4-11H,3H2,1-2H3,(H2,20,21,22,25). The molecule has 0 fully saturated rings. The Hall–Kier alpha value is -3.00. The number of aryl methyl sites for hydroxylation is 1. The Morgan fingerprint density at radius 2 is 1.92 bits per heavy atom. The minimum Gasteiger partial charge on any atom is -0.317 e. The van der Waals surface area contributed by atoms with Crippen molar-refractivity contribution in [1.29, 1.82) is 0 Å². The van der Waals surface area contributed by atoms with Crippen LogP contribution in [0, 0.1) is 12.7 Å². The van der Waals surface area contributed by atoms with Crippen molar-refractivity contribution < 1.29 is 9.18 Å². The maximum atomic E-state index is 13.6. The van der Waals surface area contributed by atoms with E-state index in [0.717, 1.165) is 5.69 Å². The van der Waals surface area contributed by atoms with Gasteiger partial charge in [0, 0.05) is 17.9 Å². The first-order valence-electron chi connectivity index (χ1n) is 8.07. The van der Waals surface area contributed by atoms with Gasteiger partial charge in [0.1, 0.15) is 5.82 Å². The first-order valence-corrected chi connectivity index (χ1v) is 8.88. The first kappa shape index (κ1) is 17.8. The lowest BCUT2D eigenvalue weighted by atomic mass is 10.2. The molecule has 0 aliphatic carbocycles. The number of carbonyl (C=O) groups excluding carboxylic acids is 1. The molecule has 0 saturated heterocycles. The summed E-state index contributed by atoms with van der Waals surface area (Å²) in [6, 6.07) is 13.8. The zero-order valence-corrected chi connectivity index (χ0v) is 15.2. The second-order valence-corrected chi connectivity index (χ2v) is 6.47. The van der Waals surface area contributed by atoms with Gasteiger partial charge >= 0.3 is 6.03 Å². The van der Waals surface area contributed by atoms with Gasteiger partial charge in [-0.3, -0.25) is 5.32 Å². The summed E-state index contributed by atoms with van der Waals surface area (Å²) in [6.45, 7) is 4.39. The van der Waals surface area contributed by atoms with Crippen LogP contribution in [-0.4, -0.2) is 22.8 Å². The lowest BCUT2D eigenvalue weighted by Crippen LogP contribution is -2.19. The molecule has 0 spiro atoms. The Morgan fingerprint density at radius 3 is 2.62 bits per heavy atom. The average Bonchev–Trinajstić information content (AvgIpc) is 3.08. The normalized spacial score (nSPS) is 10.4. The highest BCUT2D eigenvalue weighted by Crippen LogP contribution is 2.30. The molecule has 3 aromatic rings. The fraction of sp³-hybridized carbons (Fsp3) is 0.167. The van der Waals surface area contributed by atoms with Crippen LogP contribution in [0.5, 0.6) is 0 Å². The van der Waals surface area contributed by atoms with Crippen molar-refractivity contribution in [2.45, 2.75) is 13.8 Å². The first-order chi connectivity index (χ1) is 12.6. The van der Waals surface area contributed by atoms with E-state index in [1.54, 1.807) is 19.1 Å². The summed E-state index contributed by atoms with van der Waals surface area (Å²) >= 11 is 1.26. The van der Waals surface area contributed by atoms with Crippen molar-refractivity contribution in [1.82, 2.24) is 10.2 Å². The monoisotopic (exact) mass is 371 g/mol. The van der Waals surface area contributed by atoms with Gasteiger partial charge in [0.15, 0.2) is 0 Å². The van der Waals surface area contributed by atoms with E-state index in [-0.39, 0.29) is 5.82 Å². The summed E-state index contributed by atoms with van der Waals surface area (Å²) in [5.41, 5.74) is 1.89. The van der Waals surface area contributed by atoms with Gasteiger partial charge < -0.3 is 10.2 Å². The third kappa shape index (κ3) is 4.15. The molecule has 1 aromatic heterocycles. The Morgan fingerprint density at radius 1 is 1.15 bits per heavy atom. The summed E-state index contributed by atoms with van der Waals surface area (Å²) in [6.07, 6.45) is 0. The van der Waals surface area contributed by atoms with Crippen molar-refractivity contribution in [3.05, 3.63) is 59.9 Å². The molecule has 2 aromatic carbocycles. The highest BCUT2D eigenvalue weighted by molar-refractivity contribution is 7.19. The Labute approximate surface area is 154 Å². The average molecular weight is 371 g/mol.